The molecule has 3 aromatic rings. The van der Waals surface area contributed by atoms with Crippen molar-refractivity contribution >= 4 is 39.1 Å². The van der Waals surface area contributed by atoms with E-state index in [1.807, 2.05) is 42.5 Å². The molecule has 0 amide bonds. The molecule has 0 spiro atoms. The molecule has 0 fully saturated rings. The van der Waals surface area contributed by atoms with Gasteiger partial charge in [-0.05, 0) is 82.0 Å². The van der Waals surface area contributed by atoms with Gasteiger partial charge in [0.05, 0.1) is 11.6 Å². The molecular formula is C23H22BrCl2NO2. The van der Waals surface area contributed by atoms with Crippen LogP contribution in [0.2, 0.25) is 10.0 Å². The summed E-state index contributed by atoms with van der Waals surface area (Å²) in [5.74, 6) is 1.38. The van der Waals surface area contributed by atoms with E-state index >= 15 is 0 Å². The number of ether oxygens (including phenoxy) is 2. The third kappa shape index (κ3) is 6.65. The van der Waals surface area contributed by atoms with Gasteiger partial charge in [-0.1, -0.05) is 47.5 Å². The maximum atomic E-state index is 5.99. The second-order valence-electron chi connectivity index (χ2n) is 6.58. The summed E-state index contributed by atoms with van der Waals surface area (Å²) in [4.78, 5) is 0. The highest BCUT2D eigenvalue weighted by atomic mass is 79.9. The maximum absolute atomic E-state index is 5.99. The standard InChI is InChI=1S/C23H22BrCl2NO2/c1-28-22-13-18(14-27-11-10-16-2-6-19(25)7-3-16)12-21(24)23(22)29-15-17-4-8-20(26)9-5-17/h2-9,12-13,27H,10-11,14-15H2,1H3. The summed E-state index contributed by atoms with van der Waals surface area (Å²) in [5.41, 5.74) is 3.41. The molecule has 0 bridgehead atoms. The lowest BCUT2D eigenvalue weighted by atomic mass is 10.1. The van der Waals surface area contributed by atoms with E-state index in [1.54, 1.807) is 7.11 Å². The highest BCUT2D eigenvalue weighted by Crippen LogP contribution is 2.37. The number of methoxy groups -OCH3 is 1. The molecule has 29 heavy (non-hydrogen) atoms. The monoisotopic (exact) mass is 493 g/mol. The first kappa shape index (κ1) is 22.0. The quantitative estimate of drug-likeness (QED) is 0.336. The molecule has 152 valence electrons. The van der Waals surface area contributed by atoms with Crippen molar-refractivity contribution < 1.29 is 9.47 Å². The SMILES string of the molecule is COc1cc(CNCCc2ccc(Cl)cc2)cc(Br)c1OCc1ccc(Cl)cc1. The molecule has 3 nitrogen and oxygen atoms in total. The van der Waals surface area contributed by atoms with Crippen LogP contribution in [0.4, 0.5) is 0 Å². The third-order valence-electron chi connectivity index (χ3n) is 4.42. The summed E-state index contributed by atoms with van der Waals surface area (Å²) in [6.45, 7) is 2.04. The minimum absolute atomic E-state index is 0.435. The van der Waals surface area contributed by atoms with Gasteiger partial charge < -0.3 is 14.8 Å². The van der Waals surface area contributed by atoms with Crippen molar-refractivity contribution in [2.75, 3.05) is 13.7 Å². The lowest BCUT2D eigenvalue weighted by Crippen LogP contribution is -2.16. The summed E-state index contributed by atoms with van der Waals surface area (Å²) >= 11 is 15.5. The topological polar surface area (TPSA) is 30.5 Å². The number of benzene rings is 3. The van der Waals surface area contributed by atoms with Crippen LogP contribution < -0.4 is 14.8 Å². The molecule has 0 unspecified atom stereocenters. The molecular weight excluding hydrogens is 473 g/mol. The van der Waals surface area contributed by atoms with Crippen LogP contribution in [0.25, 0.3) is 0 Å². The van der Waals surface area contributed by atoms with Crippen LogP contribution in [0.15, 0.2) is 65.1 Å². The van der Waals surface area contributed by atoms with Gasteiger partial charge in [0.1, 0.15) is 6.61 Å². The normalized spacial score (nSPS) is 10.8. The van der Waals surface area contributed by atoms with Crippen LogP contribution in [-0.2, 0) is 19.6 Å². The Morgan fingerprint density at radius 2 is 1.48 bits per heavy atom. The number of hydrogen-bond acceptors (Lipinski definition) is 3. The van der Waals surface area contributed by atoms with Gasteiger partial charge in [-0.3, -0.25) is 0 Å². The maximum Gasteiger partial charge on any atom is 0.175 e. The summed E-state index contributed by atoms with van der Waals surface area (Å²) in [7, 11) is 1.65. The highest BCUT2D eigenvalue weighted by molar-refractivity contribution is 9.10. The van der Waals surface area contributed by atoms with Gasteiger partial charge in [-0.2, -0.15) is 0 Å². The predicted octanol–water partition coefficient (Wildman–Crippen LogP) is 6.68. The highest BCUT2D eigenvalue weighted by Gasteiger charge is 2.12. The van der Waals surface area contributed by atoms with Gasteiger partial charge in [-0.25, -0.2) is 0 Å². The molecule has 0 aliphatic rings. The smallest absolute Gasteiger partial charge is 0.175 e. The number of hydrogen-bond donors (Lipinski definition) is 1. The molecule has 1 N–H and O–H groups in total. The van der Waals surface area contributed by atoms with E-state index in [0.717, 1.165) is 40.1 Å². The van der Waals surface area contributed by atoms with Crippen LogP contribution in [0.5, 0.6) is 11.5 Å². The zero-order valence-electron chi connectivity index (χ0n) is 16.1. The Kier molecular flexibility index (Phi) is 8.25. The zero-order valence-corrected chi connectivity index (χ0v) is 19.2. The van der Waals surface area contributed by atoms with E-state index in [2.05, 4.69) is 39.4 Å². The first-order valence-corrected chi connectivity index (χ1v) is 10.8. The number of rotatable bonds is 9. The van der Waals surface area contributed by atoms with E-state index in [0.29, 0.717) is 23.1 Å². The van der Waals surface area contributed by atoms with Gasteiger partial charge in [-0.15, -0.1) is 0 Å². The number of nitrogens with one attached hydrogen (secondary N) is 1. The lowest BCUT2D eigenvalue weighted by molar-refractivity contribution is 0.282. The molecule has 3 aromatic carbocycles. The fraction of sp³-hybridized carbons (Fsp3) is 0.217. The predicted molar refractivity (Wildman–Crippen MR) is 123 cm³/mol. The van der Waals surface area contributed by atoms with Gasteiger partial charge in [0, 0.05) is 16.6 Å². The Bertz CT molecular complexity index is 931. The fourth-order valence-corrected chi connectivity index (χ4v) is 3.72. The summed E-state index contributed by atoms with van der Waals surface area (Å²) in [5, 5.41) is 4.93. The second kappa shape index (κ2) is 10.9. The largest absolute Gasteiger partial charge is 0.493 e. The Morgan fingerprint density at radius 3 is 2.10 bits per heavy atom. The molecule has 0 aliphatic heterocycles. The van der Waals surface area contributed by atoms with Crippen molar-refractivity contribution in [2.45, 2.75) is 19.6 Å². The van der Waals surface area contributed by atoms with Gasteiger partial charge in [0.2, 0.25) is 0 Å². The van der Waals surface area contributed by atoms with Crippen LogP contribution in [-0.4, -0.2) is 13.7 Å². The summed E-state index contributed by atoms with van der Waals surface area (Å²) in [6.07, 6.45) is 0.942. The van der Waals surface area contributed by atoms with Crippen LogP contribution in [0, 0.1) is 0 Å². The Labute approximate surface area is 190 Å². The van der Waals surface area contributed by atoms with Crippen molar-refractivity contribution in [2.24, 2.45) is 0 Å². The Hall–Kier alpha value is -1.72. The van der Waals surface area contributed by atoms with Gasteiger partial charge in [0.25, 0.3) is 0 Å². The first-order valence-electron chi connectivity index (χ1n) is 9.24. The van der Waals surface area contributed by atoms with E-state index < -0.39 is 0 Å². The van der Waals surface area contributed by atoms with Crippen LogP contribution in [0.3, 0.4) is 0 Å². The lowest BCUT2D eigenvalue weighted by Gasteiger charge is -2.15. The molecule has 0 heterocycles. The van der Waals surface area contributed by atoms with Crippen molar-refractivity contribution in [3.8, 4) is 11.5 Å². The summed E-state index contributed by atoms with van der Waals surface area (Å²) in [6, 6.07) is 19.6. The van der Waals surface area contributed by atoms with Gasteiger partial charge >= 0.3 is 0 Å². The van der Waals surface area contributed by atoms with Crippen LogP contribution in [0.1, 0.15) is 16.7 Å². The third-order valence-corrected chi connectivity index (χ3v) is 5.51. The molecule has 6 heteroatoms. The molecule has 0 aliphatic carbocycles. The minimum atomic E-state index is 0.435. The van der Waals surface area contributed by atoms with E-state index in [9.17, 15) is 0 Å². The molecule has 0 saturated carbocycles. The van der Waals surface area contributed by atoms with E-state index in [4.69, 9.17) is 32.7 Å². The average molecular weight is 495 g/mol. The van der Waals surface area contributed by atoms with E-state index in [1.165, 1.54) is 5.56 Å². The first-order chi connectivity index (χ1) is 14.0. The van der Waals surface area contributed by atoms with E-state index in [-0.39, 0.29) is 0 Å². The molecule has 0 saturated heterocycles. The van der Waals surface area contributed by atoms with Crippen molar-refractivity contribution in [3.63, 3.8) is 0 Å². The number of halogens is 3. The van der Waals surface area contributed by atoms with Crippen molar-refractivity contribution in [1.82, 2.24) is 5.32 Å². The zero-order chi connectivity index (χ0) is 20.6. The molecule has 0 atom stereocenters. The Morgan fingerprint density at radius 1 is 0.862 bits per heavy atom. The Balaban J connectivity index is 1.57. The van der Waals surface area contributed by atoms with Gasteiger partial charge in [0.15, 0.2) is 11.5 Å². The average Bonchev–Trinajstić information content (AvgIpc) is 2.72. The molecule has 3 rings (SSSR count). The minimum Gasteiger partial charge on any atom is -0.493 e. The second-order valence-corrected chi connectivity index (χ2v) is 8.30. The summed E-state index contributed by atoms with van der Waals surface area (Å²) < 4.78 is 12.4. The van der Waals surface area contributed by atoms with Crippen molar-refractivity contribution in [1.29, 1.82) is 0 Å². The van der Waals surface area contributed by atoms with Crippen LogP contribution >= 0.6 is 39.1 Å². The molecule has 0 radical (unpaired) electrons. The fourth-order valence-electron chi connectivity index (χ4n) is 2.87. The molecule has 0 aromatic heterocycles. The van der Waals surface area contributed by atoms with Crippen molar-refractivity contribution in [3.05, 3.63) is 91.9 Å².